The van der Waals surface area contributed by atoms with Crippen molar-refractivity contribution in [2.45, 2.75) is 31.8 Å². The smallest absolute Gasteiger partial charge is 0.322 e. The van der Waals surface area contributed by atoms with E-state index in [2.05, 4.69) is 15.5 Å². The Morgan fingerprint density at radius 3 is 2.92 bits per heavy atom. The molecule has 136 valence electrons. The Labute approximate surface area is 146 Å². The minimum atomic E-state index is -0.904. The molecule has 2 atom stereocenters. The number of likely N-dealkylation sites (tertiary alicyclic amines) is 1. The van der Waals surface area contributed by atoms with Crippen LogP contribution in [-0.4, -0.2) is 59.9 Å². The van der Waals surface area contributed by atoms with E-state index >= 15 is 0 Å². The lowest BCUT2D eigenvalue weighted by Crippen LogP contribution is -2.56. The lowest BCUT2D eigenvalue weighted by atomic mass is 9.80. The summed E-state index contributed by atoms with van der Waals surface area (Å²) in [6.07, 6.45) is 3.32. The first-order valence-electron chi connectivity index (χ1n) is 8.51. The van der Waals surface area contributed by atoms with Crippen LogP contribution in [0.2, 0.25) is 0 Å². The Bertz CT molecular complexity index is 660. The van der Waals surface area contributed by atoms with E-state index in [1.54, 1.807) is 31.2 Å². The summed E-state index contributed by atoms with van der Waals surface area (Å²) in [4.78, 5) is 39.7. The van der Waals surface area contributed by atoms with Crippen molar-refractivity contribution in [2.24, 2.45) is 5.92 Å². The largest absolute Gasteiger partial charge is 0.467 e. The zero-order chi connectivity index (χ0) is 18.0. The SMILES string of the molecule is CN(Cc1ccco1)C(=O)CN1CCC[C@@H]([C@@]2(C)NC(=O)NC2=O)C1. The van der Waals surface area contributed by atoms with Crippen LogP contribution >= 0.6 is 0 Å². The normalized spacial score (nSPS) is 27.0. The van der Waals surface area contributed by atoms with Crippen molar-refractivity contribution in [1.29, 1.82) is 0 Å². The van der Waals surface area contributed by atoms with Gasteiger partial charge in [-0.3, -0.25) is 19.8 Å². The van der Waals surface area contributed by atoms with E-state index in [9.17, 15) is 14.4 Å². The van der Waals surface area contributed by atoms with E-state index in [1.165, 1.54) is 0 Å². The van der Waals surface area contributed by atoms with Crippen LogP contribution < -0.4 is 10.6 Å². The van der Waals surface area contributed by atoms with Gasteiger partial charge in [0.05, 0.1) is 19.4 Å². The van der Waals surface area contributed by atoms with Crippen LogP contribution in [0.15, 0.2) is 22.8 Å². The van der Waals surface area contributed by atoms with Crippen molar-refractivity contribution in [3.8, 4) is 0 Å². The lowest BCUT2D eigenvalue weighted by Gasteiger charge is -2.39. The van der Waals surface area contributed by atoms with E-state index in [-0.39, 0.29) is 17.7 Å². The van der Waals surface area contributed by atoms with Crippen LogP contribution in [0.5, 0.6) is 0 Å². The van der Waals surface area contributed by atoms with Crippen molar-refractivity contribution in [2.75, 3.05) is 26.7 Å². The molecule has 0 aliphatic carbocycles. The molecule has 1 aromatic rings. The number of nitrogens with one attached hydrogen (secondary N) is 2. The van der Waals surface area contributed by atoms with Gasteiger partial charge in [0.2, 0.25) is 5.91 Å². The monoisotopic (exact) mass is 348 g/mol. The topological polar surface area (TPSA) is 94.9 Å². The molecule has 3 rings (SSSR count). The van der Waals surface area contributed by atoms with Gasteiger partial charge in [-0.05, 0) is 38.4 Å². The molecule has 0 unspecified atom stereocenters. The number of piperidine rings is 1. The summed E-state index contributed by atoms with van der Waals surface area (Å²) < 4.78 is 5.27. The molecule has 0 saturated carbocycles. The van der Waals surface area contributed by atoms with Crippen LogP contribution in [0.1, 0.15) is 25.5 Å². The number of likely N-dealkylation sites (N-methyl/N-ethyl adjacent to an activating group) is 1. The fourth-order valence-electron chi connectivity index (χ4n) is 3.55. The van der Waals surface area contributed by atoms with Crippen LogP contribution in [0.25, 0.3) is 0 Å². The highest BCUT2D eigenvalue weighted by Crippen LogP contribution is 2.29. The quantitative estimate of drug-likeness (QED) is 0.758. The van der Waals surface area contributed by atoms with Crippen LogP contribution in [-0.2, 0) is 16.1 Å². The number of amides is 4. The minimum Gasteiger partial charge on any atom is -0.467 e. The highest BCUT2D eigenvalue weighted by Gasteiger charge is 2.49. The zero-order valence-electron chi connectivity index (χ0n) is 14.6. The molecule has 3 heterocycles. The molecule has 0 spiro atoms. The molecular weight excluding hydrogens is 324 g/mol. The summed E-state index contributed by atoms with van der Waals surface area (Å²) in [6.45, 7) is 3.89. The van der Waals surface area contributed by atoms with Gasteiger partial charge >= 0.3 is 6.03 Å². The Morgan fingerprint density at radius 2 is 2.28 bits per heavy atom. The Balaban J connectivity index is 1.57. The van der Waals surface area contributed by atoms with E-state index in [1.807, 2.05) is 6.07 Å². The molecule has 2 fully saturated rings. The molecule has 2 N–H and O–H groups in total. The van der Waals surface area contributed by atoms with Gasteiger partial charge in [-0.25, -0.2) is 4.79 Å². The average Bonchev–Trinajstić information content (AvgIpc) is 3.16. The third kappa shape index (κ3) is 3.68. The Hall–Kier alpha value is -2.35. The van der Waals surface area contributed by atoms with Gasteiger partial charge in [-0.15, -0.1) is 0 Å². The maximum atomic E-state index is 12.5. The van der Waals surface area contributed by atoms with E-state index in [0.717, 1.165) is 25.1 Å². The van der Waals surface area contributed by atoms with Crippen LogP contribution in [0.4, 0.5) is 4.79 Å². The number of nitrogens with zero attached hydrogens (tertiary/aromatic N) is 2. The highest BCUT2D eigenvalue weighted by atomic mass is 16.3. The average molecular weight is 348 g/mol. The third-order valence-corrected chi connectivity index (χ3v) is 5.15. The molecule has 2 aliphatic heterocycles. The molecule has 2 saturated heterocycles. The van der Waals surface area contributed by atoms with Gasteiger partial charge in [-0.1, -0.05) is 0 Å². The number of hydrogen-bond donors (Lipinski definition) is 2. The summed E-state index contributed by atoms with van der Waals surface area (Å²) in [7, 11) is 1.75. The second kappa shape index (κ2) is 6.87. The molecule has 2 aliphatic rings. The van der Waals surface area contributed by atoms with Gasteiger partial charge in [-0.2, -0.15) is 0 Å². The molecular formula is C17H24N4O4. The van der Waals surface area contributed by atoms with Gasteiger partial charge in [0.1, 0.15) is 11.3 Å². The lowest BCUT2D eigenvalue weighted by molar-refractivity contribution is -0.132. The minimum absolute atomic E-state index is 0.00196. The van der Waals surface area contributed by atoms with E-state index in [4.69, 9.17) is 4.42 Å². The van der Waals surface area contributed by atoms with Crippen molar-refractivity contribution < 1.29 is 18.8 Å². The van der Waals surface area contributed by atoms with Crippen molar-refractivity contribution in [3.63, 3.8) is 0 Å². The van der Waals surface area contributed by atoms with Gasteiger partial charge in [0.25, 0.3) is 5.91 Å². The fourth-order valence-corrected chi connectivity index (χ4v) is 3.55. The summed E-state index contributed by atoms with van der Waals surface area (Å²) in [6, 6.07) is 3.19. The zero-order valence-corrected chi connectivity index (χ0v) is 14.6. The summed E-state index contributed by atoms with van der Waals surface area (Å²) >= 11 is 0. The van der Waals surface area contributed by atoms with Crippen molar-refractivity contribution in [1.82, 2.24) is 20.4 Å². The van der Waals surface area contributed by atoms with E-state index < -0.39 is 11.6 Å². The number of rotatable bonds is 5. The molecule has 1 aromatic heterocycles. The molecule has 0 radical (unpaired) electrons. The van der Waals surface area contributed by atoms with Crippen molar-refractivity contribution >= 4 is 17.8 Å². The highest BCUT2D eigenvalue weighted by molar-refractivity contribution is 6.07. The molecule has 0 bridgehead atoms. The number of furan rings is 1. The molecule has 4 amide bonds. The standard InChI is InChI=1S/C17H24N4O4/c1-17(15(23)18-16(24)19-17)12-5-3-7-21(9-12)11-14(22)20(2)10-13-6-4-8-25-13/h4,6,8,12H,3,5,7,9-11H2,1-2H3,(H2,18,19,23,24)/t12-,17-/m1/s1. The number of imide groups is 1. The van der Waals surface area contributed by atoms with Gasteiger partial charge < -0.3 is 14.6 Å². The second-order valence-corrected chi connectivity index (χ2v) is 7.01. The molecule has 8 heteroatoms. The first-order valence-corrected chi connectivity index (χ1v) is 8.51. The van der Waals surface area contributed by atoms with Crippen LogP contribution in [0.3, 0.4) is 0 Å². The predicted octanol–water partition coefficient (Wildman–Crippen LogP) is 0.548. The first kappa shape index (κ1) is 17.5. The summed E-state index contributed by atoms with van der Waals surface area (Å²) in [5.41, 5.74) is -0.904. The summed E-state index contributed by atoms with van der Waals surface area (Å²) in [5.74, 6) is 0.439. The summed E-state index contributed by atoms with van der Waals surface area (Å²) in [5, 5.41) is 5.05. The van der Waals surface area contributed by atoms with E-state index in [0.29, 0.717) is 19.6 Å². The third-order valence-electron chi connectivity index (χ3n) is 5.15. The Morgan fingerprint density at radius 1 is 1.48 bits per heavy atom. The van der Waals surface area contributed by atoms with Crippen molar-refractivity contribution in [3.05, 3.63) is 24.2 Å². The number of carbonyl (C=O) groups is 3. The molecule has 8 nitrogen and oxygen atoms in total. The number of hydrogen-bond acceptors (Lipinski definition) is 5. The number of urea groups is 1. The predicted molar refractivity (Wildman–Crippen MR) is 89.4 cm³/mol. The second-order valence-electron chi connectivity index (χ2n) is 7.01. The Kier molecular flexibility index (Phi) is 4.80. The first-order chi connectivity index (χ1) is 11.9. The maximum absolute atomic E-state index is 12.5. The fraction of sp³-hybridized carbons (Fsp3) is 0.588. The molecule has 0 aromatic carbocycles. The van der Waals surface area contributed by atoms with Gasteiger partial charge in [0, 0.05) is 19.5 Å². The van der Waals surface area contributed by atoms with Crippen LogP contribution in [0, 0.1) is 5.92 Å². The molecule has 25 heavy (non-hydrogen) atoms. The number of carbonyl (C=O) groups excluding carboxylic acids is 3. The van der Waals surface area contributed by atoms with Gasteiger partial charge in [0.15, 0.2) is 0 Å². The maximum Gasteiger partial charge on any atom is 0.322 e.